The average Bonchev–Trinajstić information content (AvgIpc) is 3.07. The number of hydrogen-bond acceptors (Lipinski definition) is 10. The number of piperidine rings is 1. The van der Waals surface area contributed by atoms with Crippen LogP contribution in [0.3, 0.4) is 0 Å². The average molecular weight is 699 g/mol. The molecule has 0 saturated carbocycles. The second-order valence-corrected chi connectivity index (χ2v) is 13.0. The molecule has 0 aliphatic carbocycles. The van der Waals surface area contributed by atoms with Gasteiger partial charge in [-0.25, -0.2) is 14.8 Å². The normalized spacial score (nSPS) is 16.0. The van der Waals surface area contributed by atoms with Gasteiger partial charge in [0.2, 0.25) is 17.7 Å². The molecule has 0 bridgehead atoms. The third kappa shape index (κ3) is 10.5. The number of amides is 3. The van der Waals surface area contributed by atoms with E-state index in [-0.39, 0.29) is 18.2 Å². The molecule has 0 spiro atoms. The third-order valence-electron chi connectivity index (χ3n) is 8.49. The van der Waals surface area contributed by atoms with Crippen LogP contribution in [0.15, 0.2) is 48.7 Å². The number of carbonyl (C=O) groups is 3. The maximum Gasteiger partial charge on any atom is 0.413 e. The number of hydrogen-bond donors (Lipinski definition) is 2. The molecule has 2 N–H and O–H groups in total. The number of benzene rings is 1. The van der Waals surface area contributed by atoms with Crippen molar-refractivity contribution in [1.82, 2.24) is 30.4 Å². The van der Waals surface area contributed by atoms with Gasteiger partial charge in [-0.2, -0.15) is 0 Å². The number of anilines is 1. The lowest BCUT2D eigenvalue weighted by atomic mass is 9.96. The van der Waals surface area contributed by atoms with Crippen LogP contribution in [0.4, 0.5) is 10.6 Å². The first-order chi connectivity index (χ1) is 23.1. The molecule has 2 saturated heterocycles. The van der Waals surface area contributed by atoms with E-state index in [4.69, 9.17) is 32.9 Å². The highest BCUT2D eigenvalue weighted by molar-refractivity contribution is 6.35. The minimum absolute atomic E-state index is 0.0117. The summed E-state index contributed by atoms with van der Waals surface area (Å²) in [6.45, 7) is 8.49. The fourth-order valence-electron chi connectivity index (χ4n) is 5.88. The molecule has 2 aliphatic heterocycles. The molecule has 2 fully saturated rings. The second-order valence-electron chi connectivity index (χ2n) is 12.1. The van der Waals surface area contributed by atoms with E-state index in [0.29, 0.717) is 39.8 Å². The predicted molar refractivity (Wildman–Crippen MR) is 185 cm³/mol. The van der Waals surface area contributed by atoms with Gasteiger partial charge in [-0.3, -0.25) is 24.7 Å². The quantitative estimate of drug-likeness (QED) is 0.283. The van der Waals surface area contributed by atoms with Gasteiger partial charge >= 0.3 is 6.09 Å². The Morgan fingerprint density at radius 2 is 1.67 bits per heavy atom. The van der Waals surface area contributed by atoms with Crippen LogP contribution in [0.5, 0.6) is 11.6 Å². The number of piperazine rings is 1. The van der Waals surface area contributed by atoms with Crippen molar-refractivity contribution in [2.24, 2.45) is 5.92 Å². The molecule has 2 aromatic heterocycles. The van der Waals surface area contributed by atoms with Crippen LogP contribution in [0.25, 0.3) is 11.3 Å². The zero-order valence-electron chi connectivity index (χ0n) is 27.2. The molecule has 4 heterocycles. The first-order valence-corrected chi connectivity index (χ1v) is 16.8. The maximum absolute atomic E-state index is 11.9. The standard InChI is InChI=1S/C34H41Cl2N7O5/c1-23(44)37-20-24-5-8-42(9-6-24)22-25-15-30(26-17-27(35)19-28(36)18-26)39-33(16-25)48-29-3-4-31(38-21-29)43-13-11-41(12-14-43)10-7-32(45)40-34(46)47-2/h3-4,15-19,21,24H,5-14,20,22H2,1-2H3,(H,37,44)(H,40,45,46). The maximum atomic E-state index is 11.9. The number of nitrogens with zero attached hydrogens (tertiary/aromatic N) is 5. The number of carbonyl (C=O) groups excluding carboxylic acids is 3. The summed E-state index contributed by atoms with van der Waals surface area (Å²) in [5, 5.41) is 6.18. The van der Waals surface area contributed by atoms with Crippen molar-refractivity contribution in [3.05, 3.63) is 64.3 Å². The summed E-state index contributed by atoms with van der Waals surface area (Å²) in [6, 6.07) is 13.2. The lowest BCUT2D eigenvalue weighted by Crippen LogP contribution is -2.47. The molecule has 0 unspecified atom stereocenters. The minimum atomic E-state index is -0.745. The molecule has 0 radical (unpaired) electrons. The van der Waals surface area contributed by atoms with Gasteiger partial charge in [0.15, 0.2) is 0 Å². The largest absolute Gasteiger partial charge is 0.453 e. The zero-order chi connectivity index (χ0) is 34.0. The van der Waals surface area contributed by atoms with Gasteiger partial charge in [0.05, 0.1) is 19.0 Å². The Morgan fingerprint density at radius 1 is 0.938 bits per heavy atom. The number of likely N-dealkylation sites (tertiary alicyclic amines) is 1. The summed E-state index contributed by atoms with van der Waals surface area (Å²) in [5.74, 6) is 1.98. The molecule has 5 rings (SSSR count). The van der Waals surface area contributed by atoms with Gasteiger partial charge in [-0.1, -0.05) is 23.2 Å². The summed E-state index contributed by atoms with van der Waals surface area (Å²) < 4.78 is 10.7. The zero-order valence-corrected chi connectivity index (χ0v) is 28.7. The number of nitrogens with one attached hydrogen (secondary N) is 2. The molecular weight excluding hydrogens is 657 g/mol. The molecule has 1 aromatic carbocycles. The van der Waals surface area contributed by atoms with Crippen molar-refractivity contribution in [3.8, 4) is 22.9 Å². The van der Waals surface area contributed by atoms with Crippen LogP contribution < -0.4 is 20.3 Å². The van der Waals surface area contributed by atoms with Crippen LogP contribution in [0.2, 0.25) is 10.0 Å². The summed E-state index contributed by atoms with van der Waals surface area (Å²) in [7, 11) is 1.23. The summed E-state index contributed by atoms with van der Waals surface area (Å²) >= 11 is 12.7. The Balaban J connectivity index is 1.21. The third-order valence-corrected chi connectivity index (χ3v) is 8.93. The van der Waals surface area contributed by atoms with E-state index < -0.39 is 6.09 Å². The van der Waals surface area contributed by atoms with Crippen molar-refractivity contribution in [2.75, 3.05) is 64.4 Å². The Labute approximate surface area is 290 Å². The molecule has 12 nitrogen and oxygen atoms in total. The number of rotatable bonds is 11. The first kappa shape index (κ1) is 35.3. The number of alkyl carbamates (subject to hydrolysis) is 1. The van der Waals surface area contributed by atoms with Crippen molar-refractivity contribution in [1.29, 1.82) is 0 Å². The van der Waals surface area contributed by atoms with Gasteiger partial charge in [-0.05, 0) is 73.8 Å². The highest BCUT2D eigenvalue weighted by atomic mass is 35.5. The van der Waals surface area contributed by atoms with Crippen molar-refractivity contribution in [3.63, 3.8) is 0 Å². The van der Waals surface area contributed by atoms with E-state index in [1.165, 1.54) is 7.11 Å². The smallest absolute Gasteiger partial charge is 0.413 e. The van der Waals surface area contributed by atoms with Crippen LogP contribution >= 0.6 is 23.2 Å². The van der Waals surface area contributed by atoms with E-state index in [0.717, 1.165) is 82.1 Å². The Hall–Kier alpha value is -3.97. The lowest BCUT2D eigenvalue weighted by molar-refractivity contribution is -0.121. The van der Waals surface area contributed by atoms with E-state index in [2.05, 4.69) is 35.1 Å². The van der Waals surface area contributed by atoms with Crippen LogP contribution in [0, 0.1) is 5.92 Å². The van der Waals surface area contributed by atoms with E-state index >= 15 is 0 Å². The number of methoxy groups -OCH3 is 1. The summed E-state index contributed by atoms with van der Waals surface area (Å²) in [5.41, 5.74) is 2.55. The molecule has 3 aromatic rings. The SMILES string of the molecule is COC(=O)NC(=O)CCN1CCN(c2ccc(Oc3cc(CN4CCC(CNC(C)=O)CC4)cc(-c4cc(Cl)cc(Cl)c4)n3)cn2)CC1. The van der Waals surface area contributed by atoms with Gasteiger partial charge in [0.25, 0.3) is 0 Å². The van der Waals surface area contributed by atoms with Crippen molar-refractivity contribution in [2.45, 2.75) is 32.7 Å². The molecule has 256 valence electrons. The first-order valence-electron chi connectivity index (χ1n) is 16.1. The fourth-order valence-corrected chi connectivity index (χ4v) is 6.40. The fraction of sp³-hybridized carbons (Fsp3) is 0.441. The lowest BCUT2D eigenvalue weighted by Gasteiger charge is -2.35. The Kier molecular flexibility index (Phi) is 12.5. The topological polar surface area (TPSA) is 129 Å². The summed E-state index contributed by atoms with van der Waals surface area (Å²) in [6.07, 6.45) is 3.22. The number of ether oxygens (including phenoxy) is 2. The number of aromatic nitrogens is 2. The minimum Gasteiger partial charge on any atom is -0.453 e. The molecular formula is C34H41Cl2N7O5. The van der Waals surface area contributed by atoms with Crippen molar-refractivity contribution >= 4 is 46.9 Å². The van der Waals surface area contributed by atoms with Gasteiger partial charge in [0, 0.05) is 80.8 Å². The van der Waals surface area contributed by atoms with Gasteiger partial charge < -0.3 is 19.7 Å². The predicted octanol–water partition coefficient (Wildman–Crippen LogP) is 4.99. The van der Waals surface area contributed by atoms with E-state index in [1.807, 2.05) is 36.4 Å². The Morgan fingerprint density at radius 3 is 2.31 bits per heavy atom. The van der Waals surface area contributed by atoms with Crippen LogP contribution in [0.1, 0.15) is 31.7 Å². The number of halogens is 2. The molecule has 0 atom stereocenters. The number of pyridine rings is 2. The van der Waals surface area contributed by atoms with Crippen LogP contribution in [-0.2, 0) is 20.9 Å². The summed E-state index contributed by atoms with van der Waals surface area (Å²) in [4.78, 5) is 50.7. The second kappa shape index (κ2) is 16.9. The van der Waals surface area contributed by atoms with Crippen LogP contribution in [-0.4, -0.2) is 97.1 Å². The van der Waals surface area contributed by atoms with E-state index in [9.17, 15) is 14.4 Å². The monoisotopic (exact) mass is 697 g/mol. The molecule has 14 heteroatoms. The Bertz CT molecular complexity index is 1560. The molecule has 3 amide bonds. The number of imide groups is 1. The van der Waals surface area contributed by atoms with Crippen molar-refractivity contribution < 1.29 is 23.9 Å². The van der Waals surface area contributed by atoms with Gasteiger partial charge in [-0.15, -0.1) is 0 Å². The van der Waals surface area contributed by atoms with E-state index in [1.54, 1.807) is 19.2 Å². The highest BCUT2D eigenvalue weighted by Crippen LogP contribution is 2.31. The highest BCUT2D eigenvalue weighted by Gasteiger charge is 2.22. The van der Waals surface area contributed by atoms with Gasteiger partial charge in [0.1, 0.15) is 11.6 Å². The molecule has 48 heavy (non-hydrogen) atoms. The molecule has 2 aliphatic rings.